The molecule has 0 bridgehead atoms. The van der Waals surface area contributed by atoms with Gasteiger partial charge in [-0.2, -0.15) is 0 Å². The third kappa shape index (κ3) is 1.98. The summed E-state index contributed by atoms with van der Waals surface area (Å²) in [4.78, 5) is 0. The van der Waals surface area contributed by atoms with E-state index in [1.165, 1.54) is 0 Å². The van der Waals surface area contributed by atoms with E-state index in [0.717, 1.165) is 11.6 Å². The lowest BCUT2D eigenvalue weighted by molar-refractivity contribution is 0.276. The Labute approximate surface area is 98.2 Å². The first-order chi connectivity index (χ1) is 7.09. The summed E-state index contributed by atoms with van der Waals surface area (Å²) in [6.07, 6.45) is 0. The molecule has 1 heterocycles. The Hall–Kier alpha value is -0.900. The van der Waals surface area contributed by atoms with E-state index in [0.29, 0.717) is 6.04 Å². The van der Waals surface area contributed by atoms with Crippen molar-refractivity contribution in [3.8, 4) is 0 Å². The number of aryl methyl sites for hydroxylation is 1. The summed E-state index contributed by atoms with van der Waals surface area (Å²) in [5.41, 5.74) is 5.70. The molecule has 0 saturated heterocycles. The van der Waals surface area contributed by atoms with Crippen LogP contribution >= 0.6 is 0 Å². The molecule has 4 nitrogen and oxygen atoms in total. The lowest BCUT2D eigenvalue weighted by atomic mass is 9.74. The highest BCUT2D eigenvalue weighted by atomic mass is 15.3. The molecule has 1 aromatic heterocycles. The maximum atomic E-state index is 6.24. The smallest absolute Gasteiger partial charge is 0.140 e. The number of nitrogens with zero attached hydrogens (tertiary/aromatic N) is 3. The highest BCUT2D eigenvalue weighted by molar-refractivity contribution is 5.15. The first kappa shape index (κ1) is 13.2. The molecule has 0 aliphatic rings. The third-order valence-corrected chi connectivity index (χ3v) is 3.55. The molecule has 92 valence electrons. The van der Waals surface area contributed by atoms with E-state index in [-0.39, 0.29) is 11.0 Å². The summed E-state index contributed by atoms with van der Waals surface area (Å²) < 4.78 is 2.16. The average Bonchev–Trinajstić information content (AvgIpc) is 2.45. The molecule has 0 fully saturated rings. The second-order valence-electron chi connectivity index (χ2n) is 5.88. The Bertz CT molecular complexity index is 369. The summed E-state index contributed by atoms with van der Waals surface area (Å²) in [5.74, 6) is 1.91. The third-order valence-electron chi connectivity index (χ3n) is 3.55. The van der Waals surface area contributed by atoms with Gasteiger partial charge in [-0.25, -0.2) is 0 Å². The Balaban J connectivity index is 3.34. The number of hydrogen-bond donors (Lipinski definition) is 1. The highest BCUT2D eigenvalue weighted by Gasteiger charge is 2.40. The molecule has 0 unspecified atom stereocenters. The van der Waals surface area contributed by atoms with Crippen LogP contribution < -0.4 is 5.73 Å². The molecule has 2 N–H and O–H groups in total. The van der Waals surface area contributed by atoms with Crippen LogP contribution in [-0.4, -0.2) is 20.3 Å². The molecular weight excluding hydrogens is 200 g/mol. The highest BCUT2D eigenvalue weighted by Crippen LogP contribution is 2.33. The van der Waals surface area contributed by atoms with Gasteiger partial charge in [0, 0.05) is 17.0 Å². The van der Waals surface area contributed by atoms with E-state index in [4.69, 9.17) is 5.73 Å². The monoisotopic (exact) mass is 224 g/mol. The van der Waals surface area contributed by atoms with Gasteiger partial charge in [0.2, 0.25) is 0 Å². The van der Waals surface area contributed by atoms with E-state index >= 15 is 0 Å². The molecule has 0 aliphatic heterocycles. The van der Waals surface area contributed by atoms with Crippen molar-refractivity contribution in [3.05, 3.63) is 11.6 Å². The SMILES string of the molecule is Cc1nnc(C(C)(C)C(C)(C)N)n1C(C)C. The maximum Gasteiger partial charge on any atom is 0.140 e. The van der Waals surface area contributed by atoms with E-state index in [2.05, 4.69) is 42.5 Å². The van der Waals surface area contributed by atoms with Gasteiger partial charge < -0.3 is 10.3 Å². The molecule has 0 atom stereocenters. The molecule has 16 heavy (non-hydrogen) atoms. The Kier molecular flexibility index (Phi) is 3.16. The molecule has 0 saturated carbocycles. The van der Waals surface area contributed by atoms with Crippen LogP contribution in [-0.2, 0) is 5.41 Å². The number of aromatic nitrogens is 3. The van der Waals surface area contributed by atoms with E-state index in [1.54, 1.807) is 0 Å². The fourth-order valence-electron chi connectivity index (χ4n) is 1.70. The normalized spacial score (nSPS) is 13.6. The number of rotatable bonds is 3. The van der Waals surface area contributed by atoms with E-state index < -0.39 is 0 Å². The molecule has 4 heteroatoms. The minimum absolute atomic E-state index is 0.210. The minimum atomic E-state index is -0.334. The van der Waals surface area contributed by atoms with Gasteiger partial charge in [-0.15, -0.1) is 10.2 Å². The van der Waals surface area contributed by atoms with Crippen molar-refractivity contribution < 1.29 is 0 Å². The lowest BCUT2D eigenvalue weighted by Gasteiger charge is -2.38. The summed E-state index contributed by atoms with van der Waals surface area (Å²) in [5, 5.41) is 8.48. The molecule has 1 rings (SSSR count). The van der Waals surface area contributed by atoms with Gasteiger partial charge in [0.25, 0.3) is 0 Å². The molecule has 0 radical (unpaired) electrons. The number of hydrogen-bond acceptors (Lipinski definition) is 3. The minimum Gasteiger partial charge on any atom is -0.325 e. The van der Waals surface area contributed by atoms with Crippen LogP contribution in [0, 0.1) is 6.92 Å². The van der Waals surface area contributed by atoms with Gasteiger partial charge in [-0.3, -0.25) is 0 Å². The van der Waals surface area contributed by atoms with Crippen molar-refractivity contribution in [2.75, 3.05) is 0 Å². The van der Waals surface area contributed by atoms with Gasteiger partial charge >= 0.3 is 0 Å². The van der Waals surface area contributed by atoms with Crippen molar-refractivity contribution >= 4 is 0 Å². The molecule has 0 aliphatic carbocycles. The summed E-state index contributed by atoms with van der Waals surface area (Å²) in [7, 11) is 0. The van der Waals surface area contributed by atoms with Crippen LogP contribution in [0.5, 0.6) is 0 Å². The molecular formula is C12H24N4. The van der Waals surface area contributed by atoms with Crippen molar-refractivity contribution in [1.82, 2.24) is 14.8 Å². The zero-order chi connectivity index (χ0) is 12.7. The second-order valence-corrected chi connectivity index (χ2v) is 5.88. The van der Waals surface area contributed by atoms with Crippen LogP contribution in [0.3, 0.4) is 0 Å². The second kappa shape index (κ2) is 3.84. The van der Waals surface area contributed by atoms with E-state index in [9.17, 15) is 0 Å². The van der Waals surface area contributed by atoms with Crippen molar-refractivity contribution in [3.63, 3.8) is 0 Å². The van der Waals surface area contributed by atoms with Gasteiger partial charge in [0.1, 0.15) is 11.6 Å². The van der Waals surface area contributed by atoms with Gasteiger partial charge in [-0.05, 0) is 34.6 Å². The molecule has 0 amide bonds. The molecule has 0 spiro atoms. The molecule has 0 aromatic carbocycles. The van der Waals surface area contributed by atoms with Crippen molar-refractivity contribution in [1.29, 1.82) is 0 Å². The summed E-state index contributed by atoms with van der Waals surface area (Å²) >= 11 is 0. The average molecular weight is 224 g/mol. The Morgan fingerprint density at radius 3 is 2.00 bits per heavy atom. The zero-order valence-corrected chi connectivity index (χ0v) is 11.5. The molecule has 1 aromatic rings. The van der Waals surface area contributed by atoms with E-state index in [1.807, 2.05) is 20.8 Å². The fraction of sp³-hybridized carbons (Fsp3) is 0.833. The predicted octanol–water partition coefficient (Wildman–Crippen LogP) is 2.18. The van der Waals surface area contributed by atoms with Crippen LogP contribution in [0.2, 0.25) is 0 Å². The largest absolute Gasteiger partial charge is 0.325 e. The van der Waals surface area contributed by atoms with Gasteiger partial charge in [0.05, 0.1) is 0 Å². The quantitative estimate of drug-likeness (QED) is 0.856. The van der Waals surface area contributed by atoms with Gasteiger partial charge in [-0.1, -0.05) is 13.8 Å². The number of nitrogens with two attached hydrogens (primary N) is 1. The van der Waals surface area contributed by atoms with Crippen LogP contribution in [0.25, 0.3) is 0 Å². The van der Waals surface area contributed by atoms with Crippen LogP contribution in [0.1, 0.15) is 59.2 Å². The Morgan fingerprint density at radius 1 is 1.12 bits per heavy atom. The van der Waals surface area contributed by atoms with Crippen molar-refractivity contribution in [2.45, 2.75) is 65.5 Å². The first-order valence-electron chi connectivity index (χ1n) is 5.80. The maximum absolute atomic E-state index is 6.24. The first-order valence-corrected chi connectivity index (χ1v) is 5.80. The standard InChI is InChI=1S/C12H24N4/c1-8(2)16-9(3)14-15-10(16)11(4,5)12(6,7)13/h8H,13H2,1-7H3. The van der Waals surface area contributed by atoms with Crippen LogP contribution in [0.15, 0.2) is 0 Å². The van der Waals surface area contributed by atoms with Crippen molar-refractivity contribution in [2.24, 2.45) is 5.73 Å². The lowest BCUT2D eigenvalue weighted by Crippen LogP contribution is -2.51. The van der Waals surface area contributed by atoms with Gasteiger partial charge in [0.15, 0.2) is 0 Å². The summed E-state index contributed by atoms with van der Waals surface area (Å²) in [6.45, 7) is 14.6. The fourth-order valence-corrected chi connectivity index (χ4v) is 1.70. The topological polar surface area (TPSA) is 56.7 Å². The zero-order valence-electron chi connectivity index (χ0n) is 11.5. The van der Waals surface area contributed by atoms with Crippen LogP contribution in [0.4, 0.5) is 0 Å². The summed E-state index contributed by atoms with van der Waals surface area (Å²) in [6, 6.07) is 0.353. The Morgan fingerprint density at radius 2 is 1.62 bits per heavy atom. The predicted molar refractivity (Wildman–Crippen MR) is 66.4 cm³/mol.